The fraction of sp³-hybridized carbons (Fsp3) is 1.00. The van der Waals surface area contributed by atoms with E-state index in [9.17, 15) is 0 Å². The molecule has 2 unspecified atom stereocenters. The summed E-state index contributed by atoms with van der Waals surface area (Å²) in [6, 6.07) is 0. The maximum Gasteiger partial charge on any atom is 0.167 e. The third kappa shape index (κ3) is 2.28. The van der Waals surface area contributed by atoms with Gasteiger partial charge in [-0.3, -0.25) is 0 Å². The summed E-state index contributed by atoms with van der Waals surface area (Å²) in [5.41, 5.74) is 0. The van der Waals surface area contributed by atoms with E-state index in [1.807, 2.05) is 6.92 Å². The van der Waals surface area contributed by atoms with Crippen LogP contribution in [0.25, 0.3) is 0 Å². The van der Waals surface area contributed by atoms with E-state index in [0.29, 0.717) is 18.5 Å². The summed E-state index contributed by atoms with van der Waals surface area (Å²) in [6.07, 6.45) is 0.674. The van der Waals surface area contributed by atoms with E-state index in [1.54, 1.807) is 0 Å². The van der Waals surface area contributed by atoms with Gasteiger partial charge in [0.1, 0.15) is 12.2 Å². The molecule has 2 aliphatic rings. The zero-order valence-electron chi connectivity index (χ0n) is 8.15. The standard InChI is InChI=1S/C9H15BrO4/c1-2-8-13-6-4-11-9(3-10)12-5-7(6)14-8/h6-9H,2-5H2,1H3. The van der Waals surface area contributed by atoms with Crippen LogP contribution in [0.2, 0.25) is 0 Å². The first-order valence-electron chi connectivity index (χ1n) is 4.93. The highest BCUT2D eigenvalue weighted by atomic mass is 79.9. The molecule has 2 saturated heterocycles. The van der Waals surface area contributed by atoms with Crippen molar-refractivity contribution in [1.29, 1.82) is 0 Å². The molecule has 0 aliphatic carbocycles. The summed E-state index contributed by atoms with van der Waals surface area (Å²) in [4.78, 5) is 0. The number of rotatable bonds is 2. The van der Waals surface area contributed by atoms with Crippen molar-refractivity contribution in [3.05, 3.63) is 0 Å². The first kappa shape index (κ1) is 10.8. The molecule has 0 bridgehead atoms. The van der Waals surface area contributed by atoms with Crippen LogP contribution in [-0.4, -0.2) is 43.3 Å². The molecule has 0 N–H and O–H groups in total. The highest BCUT2D eigenvalue weighted by molar-refractivity contribution is 9.09. The molecule has 2 heterocycles. The van der Waals surface area contributed by atoms with Gasteiger partial charge in [-0.15, -0.1) is 0 Å². The van der Waals surface area contributed by atoms with Crippen molar-refractivity contribution in [2.24, 2.45) is 0 Å². The van der Waals surface area contributed by atoms with E-state index >= 15 is 0 Å². The Morgan fingerprint density at radius 3 is 2.07 bits per heavy atom. The summed E-state index contributed by atoms with van der Waals surface area (Å²) in [5, 5.41) is 0.684. The van der Waals surface area contributed by atoms with Crippen LogP contribution >= 0.6 is 15.9 Å². The van der Waals surface area contributed by atoms with Gasteiger partial charge in [-0.25, -0.2) is 0 Å². The second kappa shape index (κ2) is 4.90. The van der Waals surface area contributed by atoms with Gasteiger partial charge in [-0.05, 0) is 6.42 Å². The van der Waals surface area contributed by atoms with Crippen LogP contribution in [0.3, 0.4) is 0 Å². The maximum atomic E-state index is 5.64. The fourth-order valence-corrected chi connectivity index (χ4v) is 2.00. The highest BCUT2D eigenvalue weighted by Crippen LogP contribution is 2.25. The second-order valence-corrected chi connectivity index (χ2v) is 4.08. The molecule has 14 heavy (non-hydrogen) atoms. The summed E-state index contributed by atoms with van der Waals surface area (Å²) in [7, 11) is 0. The van der Waals surface area contributed by atoms with Crippen molar-refractivity contribution in [3.8, 4) is 0 Å². The molecule has 4 nitrogen and oxygen atoms in total. The smallest absolute Gasteiger partial charge is 0.167 e. The molecule has 2 fully saturated rings. The molecular weight excluding hydrogens is 252 g/mol. The zero-order chi connectivity index (χ0) is 9.97. The molecule has 0 aromatic carbocycles. The molecule has 0 aromatic rings. The van der Waals surface area contributed by atoms with Crippen molar-refractivity contribution >= 4 is 15.9 Å². The minimum atomic E-state index is -0.173. The van der Waals surface area contributed by atoms with Gasteiger partial charge in [-0.1, -0.05) is 22.9 Å². The Labute approximate surface area is 92.0 Å². The number of fused-ring (bicyclic) bond motifs is 1. The molecule has 0 saturated carbocycles. The van der Waals surface area contributed by atoms with Gasteiger partial charge in [0.2, 0.25) is 0 Å². The van der Waals surface area contributed by atoms with Gasteiger partial charge < -0.3 is 18.9 Å². The monoisotopic (exact) mass is 266 g/mol. The van der Waals surface area contributed by atoms with Crippen molar-refractivity contribution < 1.29 is 18.9 Å². The zero-order valence-corrected chi connectivity index (χ0v) is 9.73. The van der Waals surface area contributed by atoms with Crippen LogP contribution in [0.5, 0.6) is 0 Å². The van der Waals surface area contributed by atoms with Gasteiger partial charge in [0.25, 0.3) is 0 Å². The summed E-state index contributed by atoms with van der Waals surface area (Å²) in [6.45, 7) is 3.15. The van der Waals surface area contributed by atoms with Gasteiger partial charge in [0.05, 0.1) is 18.5 Å². The number of alkyl halides is 1. The van der Waals surface area contributed by atoms with Crippen LogP contribution < -0.4 is 0 Å². The van der Waals surface area contributed by atoms with Gasteiger partial charge >= 0.3 is 0 Å². The summed E-state index contributed by atoms with van der Waals surface area (Å²) < 4.78 is 22.3. The number of ether oxygens (including phenoxy) is 4. The van der Waals surface area contributed by atoms with Crippen molar-refractivity contribution in [1.82, 2.24) is 0 Å². The number of hydrogen-bond acceptors (Lipinski definition) is 4. The average molecular weight is 267 g/mol. The lowest BCUT2D eigenvalue weighted by atomic mass is 10.2. The van der Waals surface area contributed by atoms with E-state index in [0.717, 1.165) is 6.42 Å². The Morgan fingerprint density at radius 1 is 1.07 bits per heavy atom. The predicted octanol–water partition coefficient (Wildman–Crippen LogP) is 1.27. The molecule has 2 rings (SSSR count). The Kier molecular flexibility index (Phi) is 3.79. The SMILES string of the molecule is CCC1OC2COC(CBr)OCC2O1. The van der Waals surface area contributed by atoms with E-state index in [2.05, 4.69) is 15.9 Å². The summed E-state index contributed by atoms with van der Waals surface area (Å²) in [5.74, 6) is 0. The lowest BCUT2D eigenvalue weighted by Gasteiger charge is -2.14. The molecule has 0 aromatic heterocycles. The van der Waals surface area contributed by atoms with Crippen molar-refractivity contribution in [3.63, 3.8) is 0 Å². The molecule has 2 aliphatic heterocycles. The topological polar surface area (TPSA) is 36.9 Å². The van der Waals surface area contributed by atoms with Crippen LogP contribution in [0.1, 0.15) is 13.3 Å². The van der Waals surface area contributed by atoms with Crippen LogP contribution in [0.15, 0.2) is 0 Å². The second-order valence-electron chi connectivity index (χ2n) is 3.44. The molecule has 0 spiro atoms. The Morgan fingerprint density at radius 2 is 1.64 bits per heavy atom. The molecule has 5 heteroatoms. The molecule has 0 radical (unpaired) electrons. The third-order valence-corrected chi connectivity index (χ3v) is 2.95. The van der Waals surface area contributed by atoms with Crippen LogP contribution in [0, 0.1) is 0 Å². The van der Waals surface area contributed by atoms with E-state index in [4.69, 9.17) is 18.9 Å². The van der Waals surface area contributed by atoms with Gasteiger partial charge in [0, 0.05) is 0 Å². The Hall–Kier alpha value is 0.320. The normalized spacial score (nSPS) is 43.3. The molecular formula is C9H15BrO4. The van der Waals surface area contributed by atoms with Gasteiger partial charge in [-0.2, -0.15) is 0 Å². The average Bonchev–Trinajstić information content (AvgIpc) is 2.52. The summed E-state index contributed by atoms with van der Waals surface area (Å²) >= 11 is 3.32. The van der Waals surface area contributed by atoms with E-state index in [1.165, 1.54) is 0 Å². The molecule has 2 atom stereocenters. The molecule has 0 amide bonds. The van der Waals surface area contributed by atoms with Gasteiger partial charge in [0.15, 0.2) is 12.6 Å². The van der Waals surface area contributed by atoms with Crippen molar-refractivity contribution in [2.75, 3.05) is 18.5 Å². The lowest BCUT2D eigenvalue weighted by molar-refractivity contribution is -0.152. The maximum absolute atomic E-state index is 5.64. The van der Waals surface area contributed by atoms with Crippen LogP contribution in [-0.2, 0) is 18.9 Å². The minimum absolute atomic E-state index is 0.0315. The predicted molar refractivity (Wildman–Crippen MR) is 53.3 cm³/mol. The van der Waals surface area contributed by atoms with E-state index in [-0.39, 0.29) is 24.8 Å². The largest absolute Gasteiger partial charge is 0.349 e. The van der Waals surface area contributed by atoms with E-state index < -0.39 is 0 Å². The minimum Gasteiger partial charge on any atom is -0.349 e. The highest BCUT2D eigenvalue weighted by Gasteiger charge is 2.38. The van der Waals surface area contributed by atoms with Crippen molar-refractivity contribution in [2.45, 2.75) is 38.1 Å². The quantitative estimate of drug-likeness (QED) is 0.706. The fourth-order valence-electron chi connectivity index (χ4n) is 1.62. The third-order valence-electron chi connectivity index (χ3n) is 2.42. The Bertz CT molecular complexity index is 172. The Balaban J connectivity index is 1.89. The number of halogens is 1. The lowest BCUT2D eigenvalue weighted by Crippen LogP contribution is -2.27. The molecule has 82 valence electrons. The van der Waals surface area contributed by atoms with Crippen LogP contribution in [0.4, 0.5) is 0 Å². The first-order valence-corrected chi connectivity index (χ1v) is 6.05. The first-order chi connectivity index (χ1) is 6.83. The number of hydrogen-bond donors (Lipinski definition) is 0.